The summed E-state index contributed by atoms with van der Waals surface area (Å²) in [5.41, 5.74) is 2.44. The van der Waals surface area contributed by atoms with Crippen LogP contribution in [0.5, 0.6) is 0 Å². The van der Waals surface area contributed by atoms with Crippen LogP contribution in [0, 0.1) is 11.8 Å². The molecule has 1 aromatic carbocycles. The van der Waals surface area contributed by atoms with E-state index in [1.165, 1.54) is 24.8 Å². The minimum absolute atomic E-state index is 0.261. The highest BCUT2D eigenvalue weighted by Gasteiger charge is 2.30. The van der Waals surface area contributed by atoms with Crippen LogP contribution in [0.3, 0.4) is 0 Å². The molecule has 1 N–H and O–H groups in total. The standard InChI is InChI=1S/C15H22O/c1-3-12-7-9-13(10-8-12)15(16)14-6-4-5-11(14)2/h7-11,14-16H,3-6H2,1-2H3. The predicted octanol–water partition coefficient (Wildman–Crippen LogP) is 3.72. The van der Waals surface area contributed by atoms with Crippen LogP contribution in [0.15, 0.2) is 24.3 Å². The summed E-state index contributed by atoms with van der Waals surface area (Å²) in [4.78, 5) is 0. The van der Waals surface area contributed by atoms with Crippen molar-refractivity contribution in [2.75, 3.05) is 0 Å². The summed E-state index contributed by atoms with van der Waals surface area (Å²) < 4.78 is 0. The van der Waals surface area contributed by atoms with Crippen molar-refractivity contribution in [1.82, 2.24) is 0 Å². The van der Waals surface area contributed by atoms with Crippen LogP contribution in [0.25, 0.3) is 0 Å². The van der Waals surface area contributed by atoms with Crippen molar-refractivity contribution in [2.45, 2.75) is 45.6 Å². The van der Waals surface area contributed by atoms with Crippen LogP contribution in [-0.4, -0.2) is 5.11 Å². The van der Waals surface area contributed by atoms with E-state index in [0.717, 1.165) is 12.0 Å². The first kappa shape index (κ1) is 11.7. The normalized spacial score (nSPS) is 26.9. The first-order chi connectivity index (χ1) is 7.72. The monoisotopic (exact) mass is 218 g/mol. The summed E-state index contributed by atoms with van der Waals surface area (Å²) >= 11 is 0. The molecule has 1 heteroatoms. The quantitative estimate of drug-likeness (QED) is 0.819. The third-order valence-corrected chi connectivity index (χ3v) is 4.06. The fraction of sp³-hybridized carbons (Fsp3) is 0.600. The number of rotatable bonds is 3. The van der Waals surface area contributed by atoms with Gasteiger partial charge in [0.1, 0.15) is 0 Å². The van der Waals surface area contributed by atoms with E-state index in [0.29, 0.717) is 11.8 Å². The van der Waals surface area contributed by atoms with Gasteiger partial charge in [0.2, 0.25) is 0 Å². The first-order valence-corrected chi connectivity index (χ1v) is 6.49. The summed E-state index contributed by atoms with van der Waals surface area (Å²) in [6.45, 7) is 4.42. The number of aryl methyl sites for hydroxylation is 1. The van der Waals surface area contributed by atoms with Gasteiger partial charge in [-0.15, -0.1) is 0 Å². The van der Waals surface area contributed by atoms with E-state index >= 15 is 0 Å². The molecule has 0 aromatic heterocycles. The molecule has 1 fully saturated rings. The van der Waals surface area contributed by atoms with Crippen molar-refractivity contribution < 1.29 is 5.11 Å². The highest BCUT2D eigenvalue weighted by Crippen LogP contribution is 2.39. The SMILES string of the molecule is CCc1ccc(C(O)C2CCCC2C)cc1. The molecule has 0 saturated heterocycles. The van der Waals surface area contributed by atoms with Crippen molar-refractivity contribution in [3.63, 3.8) is 0 Å². The predicted molar refractivity (Wildman–Crippen MR) is 67.3 cm³/mol. The summed E-state index contributed by atoms with van der Waals surface area (Å²) in [5.74, 6) is 1.13. The molecule has 0 aliphatic heterocycles. The molecule has 0 amide bonds. The second-order valence-corrected chi connectivity index (χ2v) is 5.11. The Hall–Kier alpha value is -0.820. The van der Waals surface area contributed by atoms with E-state index in [4.69, 9.17) is 0 Å². The molecule has 0 heterocycles. The largest absolute Gasteiger partial charge is 0.388 e. The molecule has 3 unspecified atom stereocenters. The van der Waals surface area contributed by atoms with Crippen LogP contribution in [0.2, 0.25) is 0 Å². The third-order valence-electron chi connectivity index (χ3n) is 4.06. The molecule has 1 aromatic rings. The summed E-state index contributed by atoms with van der Waals surface area (Å²) in [6, 6.07) is 8.46. The van der Waals surface area contributed by atoms with Crippen molar-refractivity contribution in [1.29, 1.82) is 0 Å². The molecule has 16 heavy (non-hydrogen) atoms. The molecule has 0 radical (unpaired) electrons. The Morgan fingerprint density at radius 3 is 2.44 bits per heavy atom. The van der Waals surface area contributed by atoms with Gasteiger partial charge in [0.05, 0.1) is 6.10 Å². The fourth-order valence-electron chi connectivity index (χ4n) is 2.84. The van der Waals surface area contributed by atoms with Gasteiger partial charge in [-0.1, -0.05) is 51.0 Å². The topological polar surface area (TPSA) is 20.2 Å². The van der Waals surface area contributed by atoms with Gasteiger partial charge >= 0.3 is 0 Å². The number of hydrogen-bond donors (Lipinski definition) is 1. The zero-order valence-corrected chi connectivity index (χ0v) is 10.3. The van der Waals surface area contributed by atoms with E-state index in [2.05, 4.69) is 38.1 Å². The maximum atomic E-state index is 10.4. The molecule has 3 atom stereocenters. The zero-order valence-electron chi connectivity index (χ0n) is 10.3. The molecule has 1 aliphatic rings. The minimum atomic E-state index is -0.261. The van der Waals surface area contributed by atoms with Crippen molar-refractivity contribution >= 4 is 0 Å². The molecular weight excluding hydrogens is 196 g/mol. The van der Waals surface area contributed by atoms with Gasteiger partial charge in [-0.2, -0.15) is 0 Å². The lowest BCUT2D eigenvalue weighted by Gasteiger charge is -2.22. The Bertz CT molecular complexity index is 328. The molecule has 88 valence electrons. The lowest BCUT2D eigenvalue weighted by molar-refractivity contribution is 0.0900. The summed E-state index contributed by atoms with van der Waals surface area (Å²) in [6.07, 6.45) is 4.53. The zero-order chi connectivity index (χ0) is 11.5. The number of aliphatic hydroxyl groups is 1. The van der Waals surface area contributed by atoms with Crippen molar-refractivity contribution in [3.8, 4) is 0 Å². The van der Waals surface area contributed by atoms with Crippen LogP contribution in [-0.2, 0) is 6.42 Å². The van der Waals surface area contributed by atoms with E-state index in [1.54, 1.807) is 0 Å². The average Bonchev–Trinajstić information content (AvgIpc) is 2.75. The number of aliphatic hydroxyl groups excluding tert-OH is 1. The van der Waals surface area contributed by atoms with Crippen molar-refractivity contribution in [2.24, 2.45) is 11.8 Å². The third kappa shape index (κ3) is 2.30. The van der Waals surface area contributed by atoms with Crippen molar-refractivity contribution in [3.05, 3.63) is 35.4 Å². The van der Waals surface area contributed by atoms with Gasteiger partial charge in [0, 0.05) is 0 Å². The molecular formula is C15H22O. The maximum Gasteiger partial charge on any atom is 0.0820 e. The van der Waals surface area contributed by atoms with Crippen LogP contribution in [0.4, 0.5) is 0 Å². The van der Waals surface area contributed by atoms with Gasteiger partial charge < -0.3 is 5.11 Å². The number of hydrogen-bond acceptors (Lipinski definition) is 1. The lowest BCUT2D eigenvalue weighted by Crippen LogP contribution is -2.15. The van der Waals surface area contributed by atoms with E-state index < -0.39 is 0 Å². The Morgan fingerprint density at radius 1 is 1.25 bits per heavy atom. The van der Waals surface area contributed by atoms with Gasteiger partial charge in [-0.25, -0.2) is 0 Å². The van der Waals surface area contributed by atoms with Crippen LogP contribution < -0.4 is 0 Å². The average molecular weight is 218 g/mol. The van der Waals surface area contributed by atoms with Gasteiger partial charge in [-0.3, -0.25) is 0 Å². The van der Waals surface area contributed by atoms with E-state index in [1.807, 2.05) is 0 Å². The maximum absolute atomic E-state index is 10.4. The molecule has 1 nitrogen and oxygen atoms in total. The fourth-order valence-corrected chi connectivity index (χ4v) is 2.84. The van der Waals surface area contributed by atoms with Gasteiger partial charge in [-0.05, 0) is 35.8 Å². The van der Waals surface area contributed by atoms with Gasteiger partial charge in [0.15, 0.2) is 0 Å². The highest BCUT2D eigenvalue weighted by atomic mass is 16.3. The number of benzene rings is 1. The molecule has 1 aliphatic carbocycles. The molecule has 2 rings (SSSR count). The lowest BCUT2D eigenvalue weighted by atomic mass is 9.88. The Balaban J connectivity index is 2.10. The van der Waals surface area contributed by atoms with E-state index in [-0.39, 0.29) is 6.10 Å². The van der Waals surface area contributed by atoms with Crippen LogP contribution >= 0.6 is 0 Å². The Labute approximate surface area is 98.5 Å². The molecule has 1 saturated carbocycles. The van der Waals surface area contributed by atoms with E-state index in [9.17, 15) is 5.11 Å². The second-order valence-electron chi connectivity index (χ2n) is 5.11. The molecule has 0 spiro atoms. The van der Waals surface area contributed by atoms with Crippen LogP contribution in [0.1, 0.15) is 50.3 Å². The minimum Gasteiger partial charge on any atom is -0.388 e. The second kappa shape index (κ2) is 5.01. The smallest absolute Gasteiger partial charge is 0.0820 e. The Morgan fingerprint density at radius 2 is 1.94 bits per heavy atom. The molecule has 0 bridgehead atoms. The summed E-state index contributed by atoms with van der Waals surface area (Å²) in [7, 11) is 0. The highest BCUT2D eigenvalue weighted by molar-refractivity contribution is 5.24. The first-order valence-electron chi connectivity index (χ1n) is 6.49. The van der Waals surface area contributed by atoms with Gasteiger partial charge in [0.25, 0.3) is 0 Å². The Kier molecular flexibility index (Phi) is 3.65. The summed E-state index contributed by atoms with van der Waals surface area (Å²) in [5, 5.41) is 10.4.